The number of carbonyl (C=O) groups is 1. The number of likely N-dealkylation sites (N-methyl/N-ethyl adjacent to an activating group) is 1. The molecule has 0 aliphatic carbocycles. The molecule has 4 rings (SSSR count). The van der Waals surface area contributed by atoms with E-state index in [1.165, 1.54) is 0 Å². The summed E-state index contributed by atoms with van der Waals surface area (Å²) in [6, 6.07) is 9.46. The second-order valence-electron chi connectivity index (χ2n) is 5.75. The van der Waals surface area contributed by atoms with Gasteiger partial charge in [-0.05, 0) is 59.1 Å². The predicted molar refractivity (Wildman–Crippen MR) is 92.0 cm³/mol. The Bertz CT molecular complexity index is 904. The molecule has 0 fully saturated rings. The van der Waals surface area contributed by atoms with Gasteiger partial charge in [0.05, 0.1) is 22.9 Å². The second kappa shape index (κ2) is 5.45. The fourth-order valence-corrected chi connectivity index (χ4v) is 3.46. The van der Waals surface area contributed by atoms with E-state index >= 15 is 0 Å². The quantitative estimate of drug-likeness (QED) is 0.650. The Kier molecular flexibility index (Phi) is 3.41. The number of fused-ring (bicyclic) bond motifs is 2. The van der Waals surface area contributed by atoms with Gasteiger partial charge in [-0.15, -0.1) is 0 Å². The summed E-state index contributed by atoms with van der Waals surface area (Å²) < 4.78 is 2.66. The largest absolute Gasteiger partial charge is 0.363 e. The molecule has 23 heavy (non-hydrogen) atoms. The normalized spacial score (nSPS) is 17.3. The zero-order chi connectivity index (χ0) is 16.0. The Morgan fingerprint density at radius 2 is 2.22 bits per heavy atom. The fraction of sp³-hybridized carbons (Fsp3) is 0.235. The standard InChI is InChI=1S/C17H15BrN4O/c1-21-15-3-2-8-19-13(15)6-7-16(21)17(23)14-9-12-5-4-11(18)10-22(12)20-14/h2-5,8-10,16H,6-7H2,1H3. The van der Waals surface area contributed by atoms with E-state index < -0.39 is 0 Å². The van der Waals surface area contributed by atoms with Crippen LogP contribution in [0.25, 0.3) is 5.52 Å². The number of aryl methyl sites for hydroxylation is 1. The number of rotatable bonds is 2. The number of hydrogen-bond donors (Lipinski definition) is 0. The van der Waals surface area contributed by atoms with Crippen LogP contribution in [-0.4, -0.2) is 33.5 Å². The van der Waals surface area contributed by atoms with Gasteiger partial charge < -0.3 is 4.90 Å². The summed E-state index contributed by atoms with van der Waals surface area (Å²) in [7, 11) is 1.95. The molecular formula is C17H15BrN4O. The molecule has 0 aromatic carbocycles. The van der Waals surface area contributed by atoms with Crippen molar-refractivity contribution in [3.63, 3.8) is 0 Å². The van der Waals surface area contributed by atoms with Crippen molar-refractivity contribution in [1.29, 1.82) is 0 Å². The number of pyridine rings is 2. The summed E-state index contributed by atoms with van der Waals surface area (Å²) in [4.78, 5) is 19.3. The van der Waals surface area contributed by atoms with E-state index in [1.54, 1.807) is 10.7 Å². The monoisotopic (exact) mass is 370 g/mol. The lowest BCUT2D eigenvalue weighted by Gasteiger charge is -2.33. The molecule has 1 atom stereocenters. The van der Waals surface area contributed by atoms with Gasteiger partial charge in [-0.2, -0.15) is 5.10 Å². The van der Waals surface area contributed by atoms with Crippen LogP contribution in [0.15, 0.2) is 47.2 Å². The van der Waals surface area contributed by atoms with Gasteiger partial charge in [-0.3, -0.25) is 9.78 Å². The molecule has 0 amide bonds. The van der Waals surface area contributed by atoms with Crippen molar-refractivity contribution in [2.45, 2.75) is 18.9 Å². The maximum absolute atomic E-state index is 12.9. The molecule has 1 aliphatic rings. The van der Waals surface area contributed by atoms with Gasteiger partial charge in [0.1, 0.15) is 5.69 Å². The van der Waals surface area contributed by atoms with E-state index in [9.17, 15) is 4.79 Å². The molecule has 6 heteroatoms. The van der Waals surface area contributed by atoms with Crippen LogP contribution in [0.3, 0.4) is 0 Å². The van der Waals surface area contributed by atoms with Crippen molar-refractivity contribution in [2.24, 2.45) is 0 Å². The molecule has 0 radical (unpaired) electrons. The third-order valence-electron chi connectivity index (χ3n) is 4.35. The Hall–Kier alpha value is -2.21. The number of ketones is 1. The van der Waals surface area contributed by atoms with Crippen LogP contribution >= 0.6 is 15.9 Å². The lowest BCUT2D eigenvalue weighted by Crippen LogP contribution is -2.42. The highest BCUT2D eigenvalue weighted by Crippen LogP contribution is 2.29. The summed E-state index contributed by atoms with van der Waals surface area (Å²) in [6.45, 7) is 0. The van der Waals surface area contributed by atoms with Gasteiger partial charge in [0.2, 0.25) is 5.78 Å². The molecule has 1 unspecified atom stereocenters. The van der Waals surface area contributed by atoms with Crippen LogP contribution < -0.4 is 4.90 Å². The average Bonchev–Trinajstić information content (AvgIpc) is 2.98. The first-order valence-electron chi connectivity index (χ1n) is 7.49. The minimum Gasteiger partial charge on any atom is -0.363 e. The van der Waals surface area contributed by atoms with E-state index in [0.29, 0.717) is 5.69 Å². The lowest BCUT2D eigenvalue weighted by atomic mass is 9.96. The second-order valence-corrected chi connectivity index (χ2v) is 6.66. The summed E-state index contributed by atoms with van der Waals surface area (Å²) in [5.74, 6) is 0.0572. The van der Waals surface area contributed by atoms with Crippen LogP contribution in [0.4, 0.5) is 5.69 Å². The summed E-state index contributed by atoms with van der Waals surface area (Å²) in [5, 5.41) is 4.43. The molecule has 0 spiro atoms. The summed E-state index contributed by atoms with van der Waals surface area (Å²) in [5.41, 5.74) is 3.51. The predicted octanol–water partition coefficient (Wildman–Crippen LogP) is 3.13. The highest BCUT2D eigenvalue weighted by atomic mass is 79.9. The van der Waals surface area contributed by atoms with E-state index in [2.05, 4.69) is 26.0 Å². The highest BCUT2D eigenvalue weighted by Gasteiger charge is 2.31. The molecule has 1 aliphatic heterocycles. The van der Waals surface area contributed by atoms with Crippen molar-refractivity contribution in [2.75, 3.05) is 11.9 Å². The first-order chi connectivity index (χ1) is 11.1. The van der Waals surface area contributed by atoms with Crippen LogP contribution in [0, 0.1) is 0 Å². The number of hydrogen-bond acceptors (Lipinski definition) is 4. The number of anilines is 1. The fourth-order valence-electron chi connectivity index (χ4n) is 3.14. The van der Waals surface area contributed by atoms with Gasteiger partial charge in [0, 0.05) is 23.9 Å². The topological polar surface area (TPSA) is 50.5 Å². The van der Waals surface area contributed by atoms with Crippen molar-refractivity contribution in [3.05, 3.63) is 58.6 Å². The molecule has 0 saturated heterocycles. The number of aromatic nitrogens is 3. The minimum absolute atomic E-state index is 0.0572. The lowest BCUT2D eigenvalue weighted by molar-refractivity contribution is 0.0947. The van der Waals surface area contributed by atoms with Gasteiger partial charge in [0.25, 0.3) is 0 Å². The Morgan fingerprint density at radius 1 is 1.35 bits per heavy atom. The average molecular weight is 371 g/mol. The van der Waals surface area contributed by atoms with Crippen molar-refractivity contribution in [3.8, 4) is 0 Å². The van der Waals surface area contributed by atoms with Gasteiger partial charge in [-0.1, -0.05) is 0 Å². The van der Waals surface area contributed by atoms with E-state index in [4.69, 9.17) is 0 Å². The van der Waals surface area contributed by atoms with Crippen LogP contribution in [0.2, 0.25) is 0 Å². The van der Waals surface area contributed by atoms with Gasteiger partial charge in [0.15, 0.2) is 0 Å². The van der Waals surface area contributed by atoms with Crippen LogP contribution in [0.1, 0.15) is 22.6 Å². The number of halogens is 1. The Labute approximate surface area is 142 Å². The van der Waals surface area contributed by atoms with Gasteiger partial charge in [-0.25, -0.2) is 4.52 Å². The highest BCUT2D eigenvalue weighted by molar-refractivity contribution is 9.10. The van der Waals surface area contributed by atoms with E-state index in [1.807, 2.05) is 48.5 Å². The maximum atomic E-state index is 12.9. The van der Waals surface area contributed by atoms with Crippen molar-refractivity contribution < 1.29 is 4.79 Å². The third-order valence-corrected chi connectivity index (χ3v) is 4.82. The molecule has 5 nitrogen and oxygen atoms in total. The molecular weight excluding hydrogens is 356 g/mol. The SMILES string of the molecule is CN1c2cccnc2CCC1C(=O)c1cc2ccc(Br)cn2n1. The molecule has 0 saturated carbocycles. The zero-order valence-corrected chi connectivity index (χ0v) is 14.2. The van der Waals surface area contributed by atoms with Crippen molar-refractivity contribution >= 4 is 32.9 Å². The maximum Gasteiger partial charge on any atom is 0.205 e. The summed E-state index contributed by atoms with van der Waals surface area (Å²) in [6.07, 6.45) is 5.23. The smallest absolute Gasteiger partial charge is 0.205 e. The molecule has 3 aromatic rings. The Balaban J connectivity index is 1.68. The van der Waals surface area contributed by atoms with Crippen LogP contribution in [-0.2, 0) is 6.42 Å². The van der Waals surface area contributed by atoms with Gasteiger partial charge >= 0.3 is 0 Å². The minimum atomic E-state index is -0.194. The third kappa shape index (κ3) is 2.43. The molecule has 116 valence electrons. The molecule has 0 N–H and O–H groups in total. The summed E-state index contributed by atoms with van der Waals surface area (Å²) >= 11 is 3.42. The van der Waals surface area contributed by atoms with Crippen LogP contribution in [0.5, 0.6) is 0 Å². The number of nitrogens with zero attached hydrogens (tertiary/aromatic N) is 4. The molecule has 0 bridgehead atoms. The van der Waals surface area contributed by atoms with E-state index in [-0.39, 0.29) is 11.8 Å². The first kappa shape index (κ1) is 14.4. The van der Waals surface area contributed by atoms with Crippen molar-refractivity contribution in [1.82, 2.24) is 14.6 Å². The number of carbonyl (C=O) groups excluding carboxylic acids is 1. The Morgan fingerprint density at radius 3 is 3.09 bits per heavy atom. The van der Waals surface area contributed by atoms with E-state index in [0.717, 1.165) is 34.2 Å². The zero-order valence-electron chi connectivity index (χ0n) is 12.6. The molecule has 4 heterocycles. The number of Topliss-reactive ketones (excluding diaryl/α,β-unsaturated/α-hetero) is 1. The molecule has 3 aromatic heterocycles. The first-order valence-corrected chi connectivity index (χ1v) is 8.28.